The van der Waals surface area contributed by atoms with Gasteiger partial charge in [-0.25, -0.2) is 0 Å². The SMILES string of the molecule is Cc1cc(C)c(NC(=O)C(=O)Nc2ccc(C)c(Br)c2)c(C)c1. The molecule has 0 aliphatic carbocycles. The minimum absolute atomic E-state index is 0.569. The highest BCUT2D eigenvalue weighted by molar-refractivity contribution is 9.10. The number of halogens is 1. The van der Waals surface area contributed by atoms with Crippen LogP contribution in [-0.2, 0) is 9.59 Å². The molecule has 5 heteroatoms. The van der Waals surface area contributed by atoms with E-state index in [0.29, 0.717) is 11.4 Å². The molecule has 0 saturated carbocycles. The number of anilines is 2. The van der Waals surface area contributed by atoms with Crippen molar-refractivity contribution in [2.45, 2.75) is 27.7 Å². The molecule has 4 nitrogen and oxygen atoms in total. The second-order valence-electron chi connectivity index (χ2n) is 5.65. The molecular weight excluding hydrogens is 356 g/mol. The number of nitrogens with one attached hydrogen (secondary N) is 2. The Balaban J connectivity index is 2.11. The van der Waals surface area contributed by atoms with E-state index < -0.39 is 11.8 Å². The van der Waals surface area contributed by atoms with Crippen LogP contribution < -0.4 is 10.6 Å². The van der Waals surface area contributed by atoms with Crippen molar-refractivity contribution in [1.29, 1.82) is 0 Å². The number of carbonyl (C=O) groups excluding carboxylic acids is 2. The van der Waals surface area contributed by atoms with Gasteiger partial charge in [-0.1, -0.05) is 39.7 Å². The van der Waals surface area contributed by atoms with Crippen LogP contribution in [0.25, 0.3) is 0 Å². The number of hydrogen-bond donors (Lipinski definition) is 2. The van der Waals surface area contributed by atoms with Crippen LogP contribution in [0.2, 0.25) is 0 Å². The fourth-order valence-electron chi connectivity index (χ4n) is 2.41. The summed E-state index contributed by atoms with van der Waals surface area (Å²) in [5, 5.41) is 5.29. The Hall–Kier alpha value is -2.14. The van der Waals surface area contributed by atoms with E-state index in [0.717, 1.165) is 26.7 Å². The number of benzene rings is 2. The van der Waals surface area contributed by atoms with Crippen molar-refractivity contribution in [1.82, 2.24) is 0 Å². The Labute approximate surface area is 144 Å². The summed E-state index contributed by atoms with van der Waals surface area (Å²) in [4.78, 5) is 24.2. The molecule has 2 aromatic rings. The smallest absolute Gasteiger partial charge is 0.314 e. The highest BCUT2D eigenvalue weighted by atomic mass is 79.9. The number of amides is 2. The molecule has 0 radical (unpaired) electrons. The maximum Gasteiger partial charge on any atom is 0.314 e. The van der Waals surface area contributed by atoms with Gasteiger partial charge in [-0.3, -0.25) is 9.59 Å². The molecular formula is C18H19BrN2O2. The molecule has 2 N–H and O–H groups in total. The summed E-state index contributed by atoms with van der Waals surface area (Å²) in [6.45, 7) is 7.76. The van der Waals surface area contributed by atoms with E-state index in [-0.39, 0.29) is 0 Å². The van der Waals surface area contributed by atoms with Crippen LogP contribution in [-0.4, -0.2) is 11.8 Å². The molecule has 0 bridgehead atoms. The zero-order chi connectivity index (χ0) is 17.1. The Kier molecular flexibility index (Phi) is 5.21. The standard InChI is InChI=1S/C18H19BrN2O2/c1-10-7-12(3)16(13(4)8-10)21-18(23)17(22)20-14-6-5-11(2)15(19)9-14/h5-9H,1-4H3,(H,20,22)(H,21,23). The van der Waals surface area contributed by atoms with Crippen molar-refractivity contribution in [3.05, 3.63) is 57.1 Å². The largest absolute Gasteiger partial charge is 0.318 e. The highest BCUT2D eigenvalue weighted by Crippen LogP contribution is 2.23. The van der Waals surface area contributed by atoms with Crippen LogP contribution in [0.5, 0.6) is 0 Å². The van der Waals surface area contributed by atoms with Crippen molar-refractivity contribution in [2.75, 3.05) is 10.6 Å². The molecule has 2 amide bonds. The minimum atomic E-state index is -0.694. The maximum absolute atomic E-state index is 12.1. The summed E-state index contributed by atoms with van der Waals surface area (Å²) >= 11 is 3.40. The number of carbonyl (C=O) groups is 2. The molecule has 0 aromatic heterocycles. The van der Waals surface area contributed by atoms with E-state index in [1.807, 2.05) is 45.9 Å². The second kappa shape index (κ2) is 6.96. The third-order valence-electron chi connectivity index (χ3n) is 3.55. The first-order valence-corrected chi connectivity index (χ1v) is 8.03. The maximum atomic E-state index is 12.1. The molecule has 0 spiro atoms. The molecule has 0 atom stereocenters. The zero-order valence-corrected chi connectivity index (χ0v) is 15.2. The summed E-state index contributed by atoms with van der Waals surface area (Å²) in [6.07, 6.45) is 0. The van der Waals surface area contributed by atoms with Crippen molar-refractivity contribution < 1.29 is 9.59 Å². The molecule has 0 heterocycles. The van der Waals surface area contributed by atoms with Crippen molar-refractivity contribution >= 4 is 39.1 Å². The van der Waals surface area contributed by atoms with Gasteiger partial charge in [-0.2, -0.15) is 0 Å². The molecule has 0 aliphatic heterocycles. The zero-order valence-electron chi connectivity index (χ0n) is 13.6. The number of rotatable bonds is 2. The van der Waals surface area contributed by atoms with E-state index >= 15 is 0 Å². The van der Waals surface area contributed by atoms with Crippen molar-refractivity contribution in [3.63, 3.8) is 0 Å². The topological polar surface area (TPSA) is 58.2 Å². The lowest BCUT2D eigenvalue weighted by atomic mass is 10.1. The van der Waals surface area contributed by atoms with E-state index in [1.54, 1.807) is 12.1 Å². The van der Waals surface area contributed by atoms with E-state index in [1.165, 1.54) is 0 Å². The van der Waals surface area contributed by atoms with Crippen molar-refractivity contribution in [3.8, 4) is 0 Å². The first kappa shape index (κ1) is 17.2. The Bertz CT molecular complexity index is 762. The van der Waals surface area contributed by atoms with Gasteiger partial charge in [-0.15, -0.1) is 0 Å². The molecule has 2 aromatic carbocycles. The summed E-state index contributed by atoms with van der Waals surface area (Å²) < 4.78 is 0.876. The van der Waals surface area contributed by atoms with Crippen molar-refractivity contribution in [2.24, 2.45) is 0 Å². The lowest BCUT2D eigenvalue weighted by molar-refractivity contribution is -0.133. The molecule has 0 aliphatic rings. The lowest BCUT2D eigenvalue weighted by Crippen LogP contribution is -2.29. The first-order chi connectivity index (χ1) is 10.8. The Morgan fingerprint density at radius 2 is 1.39 bits per heavy atom. The summed E-state index contributed by atoms with van der Waals surface area (Å²) in [7, 11) is 0. The van der Waals surface area contributed by atoms with Gasteiger partial charge in [0.25, 0.3) is 0 Å². The van der Waals surface area contributed by atoms with E-state index in [4.69, 9.17) is 0 Å². The van der Waals surface area contributed by atoms with Crippen LogP contribution in [0, 0.1) is 27.7 Å². The van der Waals surface area contributed by atoms with Gasteiger partial charge in [0.2, 0.25) is 0 Å². The van der Waals surface area contributed by atoms with E-state index in [2.05, 4.69) is 26.6 Å². The molecule has 0 saturated heterocycles. The molecule has 0 fully saturated rings. The van der Waals surface area contributed by atoms with Gasteiger partial charge in [0.1, 0.15) is 0 Å². The molecule has 120 valence electrons. The van der Waals surface area contributed by atoms with Crippen LogP contribution in [0.3, 0.4) is 0 Å². The van der Waals surface area contributed by atoms with Crippen LogP contribution >= 0.6 is 15.9 Å². The normalized spacial score (nSPS) is 10.3. The fourth-order valence-corrected chi connectivity index (χ4v) is 2.78. The minimum Gasteiger partial charge on any atom is -0.318 e. The second-order valence-corrected chi connectivity index (χ2v) is 6.50. The highest BCUT2D eigenvalue weighted by Gasteiger charge is 2.16. The van der Waals surface area contributed by atoms with Gasteiger partial charge >= 0.3 is 11.8 Å². The predicted molar refractivity (Wildman–Crippen MR) is 96.8 cm³/mol. The quantitative estimate of drug-likeness (QED) is 0.771. The third-order valence-corrected chi connectivity index (χ3v) is 4.41. The van der Waals surface area contributed by atoms with Crippen LogP contribution in [0.15, 0.2) is 34.8 Å². The van der Waals surface area contributed by atoms with Gasteiger partial charge < -0.3 is 10.6 Å². The lowest BCUT2D eigenvalue weighted by Gasteiger charge is -2.13. The Morgan fingerprint density at radius 3 is 1.96 bits per heavy atom. The molecule has 0 unspecified atom stereocenters. The predicted octanol–water partition coefficient (Wildman–Crippen LogP) is 4.26. The fraction of sp³-hybridized carbons (Fsp3) is 0.222. The number of hydrogen-bond acceptors (Lipinski definition) is 2. The summed E-state index contributed by atoms with van der Waals surface area (Å²) in [5.74, 6) is -1.38. The van der Waals surface area contributed by atoms with Gasteiger partial charge in [0, 0.05) is 15.8 Å². The van der Waals surface area contributed by atoms with Crippen LogP contribution in [0.4, 0.5) is 11.4 Å². The molecule has 23 heavy (non-hydrogen) atoms. The average molecular weight is 375 g/mol. The van der Waals surface area contributed by atoms with Gasteiger partial charge in [0.05, 0.1) is 0 Å². The third kappa shape index (κ3) is 4.20. The summed E-state index contributed by atoms with van der Waals surface area (Å²) in [5.41, 5.74) is 5.29. The van der Waals surface area contributed by atoms with Gasteiger partial charge in [0.15, 0.2) is 0 Å². The van der Waals surface area contributed by atoms with Gasteiger partial charge in [-0.05, 0) is 56.5 Å². The average Bonchev–Trinajstić information content (AvgIpc) is 2.46. The monoisotopic (exact) mass is 374 g/mol. The first-order valence-electron chi connectivity index (χ1n) is 7.24. The van der Waals surface area contributed by atoms with Crippen LogP contribution in [0.1, 0.15) is 22.3 Å². The van der Waals surface area contributed by atoms with E-state index in [9.17, 15) is 9.59 Å². The molecule has 2 rings (SSSR count). The number of aryl methyl sites for hydroxylation is 4. The Morgan fingerprint density at radius 1 is 0.826 bits per heavy atom. The summed E-state index contributed by atoms with van der Waals surface area (Å²) in [6, 6.07) is 9.33.